The molecule has 0 radical (unpaired) electrons. The third-order valence-electron chi connectivity index (χ3n) is 4.27. The van der Waals surface area contributed by atoms with Gasteiger partial charge in [-0.2, -0.15) is 4.72 Å². The zero-order valence-electron chi connectivity index (χ0n) is 14.1. The molecule has 1 aliphatic rings. The maximum absolute atomic E-state index is 12.6. The van der Waals surface area contributed by atoms with Gasteiger partial charge in [0.1, 0.15) is 11.8 Å². The Labute approximate surface area is 147 Å². The summed E-state index contributed by atoms with van der Waals surface area (Å²) in [6, 6.07) is 13.1. The summed E-state index contributed by atoms with van der Waals surface area (Å²) in [5.41, 5.74) is 1.37. The number of amides is 1. The fourth-order valence-corrected chi connectivity index (χ4v) is 4.39. The Balaban J connectivity index is 1.77. The molecule has 1 heterocycles. The van der Waals surface area contributed by atoms with Gasteiger partial charge in [-0.05, 0) is 49.2 Å². The number of hydrogen-bond acceptors (Lipinski definition) is 4. The molecule has 1 unspecified atom stereocenters. The highest BCUT2D eigenvalue weighted by Crippen LogP contribution is 2.25. The van der Waals surface area contributed by atoms with Crippen LogP contribution in [-0.4, -0.2) is 34.0 Å². The van der Waals surface area contributed by atoms with E-state index in [-0.39, 0.29) is 10.8 Å². The minimum Gasteiger partial charge on any atom is -0.497 e. The largest absolute Gasteiger partial charge is 0.497 e. The Hall–Kier alpha value is -2.38. The minimum atomic E-state index is -3.74. The lowest BCUT2D eigenvalue weighted by atomic mass is 10.2. The van der Waals surface area contributed by atoms with Crippen LogP contribution in [-0.2, 0) is 14.8 Å². The molecular formula is C18H20N2O4S. The molecule has 6 nitrogen and oxygen atoms in total. The molecule has 25 heavy (non-hydrogen) atoms. The first-order valence-corrected chi connectivity index (χ1v) is 9.44. The van der Waals surface area contributed by atoms with Gasteiger partial charge in [-0.15, -0.1) is 0 Å². The lowest BCUT2D eigenvalue weighted by molar-refractivity contribution is -0.118. The summed E-state index contributed by atoms with van der Waals surface area (Å²) in [7, 11) is -2.17. The quantitative estimate of drug-likeness (QED) is 0.886. The molecule has 2 aromatic rings. The summed E-state index contributed by atoms with van der Waals surface area (Å²) in [6.45, 7) is 2.20. The van der Waals surface area contributed by atoms with Crippen LogP contribution >= 0.6 is 0 Å². The van der Waals surface area contributed by atoms with Gasteiger partial charge in [0.2, 0.25) is 15.9 Å². The van der Waals surface area contributed by atoms with Gasteiger partial charge in [-0.25, -0.2) is 8.42 Å². The van der Waals surface area contributed by atoms with Crippen LogP contribution in [0.15, 0.2) is 53.4 Å². The van der Waals surface area contributed by atoms with Gasteiger partial charge in [0.25, 0.3) is 0 Å². The number of sulfonamides is 1. The molecule has 1 saturated heterocycles. The summed E-state index contributed by atoms with van der Waals surface area (Å²) < 4.78 is 32.8. The Bertz CT molecular complexity index is 878. The topological polar surface area (TPSA) is 75.7 Å². The monoisotopic (exact) mass is 360 g/mol. The van der Waals surface area contributed by atoms with Gasteiger partial charge in [-0.1, -0.05) is 18.2 Å². The van der Waals surface area contributed by atoms with E-state index in [0.717, 1.165) is 5.69 Å². The molecule has 1 fully saturated rings. The van der Waals surface area contributed by atoms with E-state index < -0.39 is 16.1 Å². The van der Waals surface area contributed by atoms with Crippen LogP contribution in [0.2, 0.25) is 0 Å². The van der Waals surface area contributed by atoms with E-state index in [9.17, 15) is 13.2 Å². The van der Waals surface area contributed by atoms with Crippen LogP contribution in [0.25, 0.3) is 0 Å². The van der Waals surface area contributed by atoms with E-state index >= 15 is 0 Å². The SMILES string of the molecule is COc1ccc(N2CCC(NS(=O)(=O)c3ccccc3C)C2=O)cc1. The Morgan fingerprint density at radius 1 is 1.12 bits per heavy atom. The number of carbonyl (C=O) groups excluding carboxylic acids is 1. The number of nitrogens with one attached hydrogen (secondary N) is 1. The van der Waals surface area contributed by atoms with Crippen LogP contribution in [0.5, 0.6) is 5.75 Å². The van der Waals surface area contributed by atoms with E-state index in [1.165, 1.54) is 0 Å². The fourth-order valence-electron chi connectivity index (χ4n) is 2.92. The van der Waals surface area contributed by atoms with Gasteiger partial charge in [0.05, 0.1) is 12.0 Å². The average Bonchev–Trinajstić information content (AvgIpc) is 2.95. The van der Waals surface area contributed by atoms with Crippen molar-refractivity contribution >= 4 is 21.6 Å². The molecule has 1 atom stereocenters. The van der Waals surface area contributed by atoms with E-state index in [2.05, 4.69) is 4.72 Å². The maximum atomic E-state index is 12.6. The number of methoxy groups -OCH3 is 1. The van der Waals surface area contributed by atoms with E-state index in [1.54, 1.807) is 67.5 Å². The molecular weight excluding hydrogens is 340 g/mol. The molecule has 1 aliphatic heterocycles. The molecule has 1 amide bonds. The first-order chi connectivity index (χ1) is 11.9. The van der Waals surface area contributed by atoms with Gasteiger partial charge < -0.3 is 9.64 Å². The molecule has 1 N–H and O–H groups in total. The van der Waals surface area contributed by atoms with Crippen molar-refractivity contribution in [1.82, 2.24) is 4.72 Å². The molecule has 2 aromatic carbocycles. The Morgan fingerprint density at radius 3 is 2.44 bits per heavy atom. The van der Waals surface area contributed by atoms with Crippen LogP contribution in [0, 0.1) is 6.92 Å². The zero-order chi connectivity index (χ0) is 18.0. The number of carbonyl (C=O) groups is 1. The number of anilines is 1. The average molecular weight is 360 g/mol. The predicted molar refractivity (Wildman–Crippen MR) is 95.3 cm³/mol. The van der Waals surface area contributed by atoms with Gasteiger partial charge >= 0.3 is 0 Å². The molecule has 3 rings (SSSR count). The van der Waals surface area contributed by atoms with Gasteiger partial charge in [0.15, 0.2) is 0 Å². The molecule has 0 aromatic heterocycles. The summed E-state index contributed by atoms with van der Waals surface area (Å²) in [5.74, 6) is 0.453. The Morgan fingerprint density at radius 2 is 1.80 bits per heavy atom. The van der Waals surface area contributed by atoms with E-state index in [0.29, 0.717) is 24.3 Å². The van der Waals surface area contributed by atoms with Crippen molar-refractivity contribution in [3.05, 3.63) is 54.1 Å². The number of nitrogens with zero attached hydrogens (tertiary/aromatic N) is 1. The second-order valence-corrected chi connectivity index (χ2v) is 7.60. The smallest absolute Gasteiger partial charge is 0.245 e. The molecule has 0 saturated carbocycles. The van der Waals surface area contributed by atoms with Crippen molar-refractivity contribution in [3.8, 4) is 5.75 Å². The van der Waals surface area contributed by atoms with E-state index in [4.69, 9.17) is 4.74 Å². The van der Waals surface area contributed by atoms with Crippen molar-refractivity contribution in [2.45, 2.75) is 24.3 Å². The number of aryl methyl sites for hydroxylation is 1. The summed E-state index contributed by atoms with van der Waals surface area (Å²) in [4.78, 5) is 14.4. The van der Waals surface area contributed by atoms with Crippen LogP contribution in [0.3, 0.4) is 0 Å². The van der Waals surface area contributed by atoms with Gasteiger partial charge in [-0.3, -0.25) is 4.79 Å². The molecule has 0 spiro atoms. The summed E-state index contributed by atoms with van der Waals surface area (Å²) in [6.07, 6.45) is 0.427. The first-order valence-electron chi connectivity index (χ1n) is 7.96. The van der Waals surface area contributed by atoms with Gasteiger partial charge in [0, 0.05) is 12.2 Å². The lowest BCUT2D eigenvalue weighted by Gasteiger charge is -2.18. The third-order valence-corrected chi connectivity index (χ3v) is 5.90. The molecule has 0 aliphatic carbocycles. The number of ether oxygens (including phenoxy) is 1. The molecule has 0 bridgehead atoms. The minimum absolute atomic E-state index is 0.200. The zero-order valence-corrected chi connectivity index (χ0v) is 14.9. The van der Waals surface area contributed by atoms with Crippen molar-refractivity contribution in [1.29, 1.82) is 0 Å². The fraction of sp³-hybridized carbons (Fsp3) is 0.278. The predicted octanol–water partition coefficient (Wildman–Crippen LogP) is 2.09. The molecule has 132 valence electrons. The maximum Gasteiger partial charge on any atom is 0.245 e. The second-order valence-electron chi connectivity index (χ2n) is 5.92. The normalized spacial score (nSPS) is 17.8. The highest BCUT2D eigenvalue weighted by molar-refractivity contribution is 7.89. The standard InChI is InChI=1S/C18H20N2O4S/c1-13-5-3-4-6-17(13)25(22,23)19-16-11-12-20(18(16)21)14-7-9-15(24-2)10-8-14/h3-10,16,19H,11-12H2,1-2H3. The van der Waals surface area contributed by atoms with Crippen molar-refractivity contribution in [3.63, 3.8) is 0 Å². The van der Waals surface area contributed by atoms with Crippen LogP contribution in [0.1, 0.15) is 12.0 Å². The summed E-state index contributed by atoms with van der Waals surface area (Å²) in [5, 5.41) is 0. The number of rotatable bonds is 5. The van der Waals surface area contributed by atoms with Crippen LogP contribution in [0.4, 0.5) is 5.69 Å². The third kappa shape index (κ3) is 3.52. The Kier molecular flexibility index (Phi) is 4.78. The highest BCUT2D eigenvalue weighted by atomic mass is 32.2. The van der Waals surface area contributed by atoms with Crippen molar-refractivity contribution < 1.29 is 17.9 Å². The first kappa shape index (κ1) is 17.4. The second kappa shape index (κ2) is 6.85. The van der Waals surface area contributed by atoms with Crippen LogP contribution < -0.4 is 14.4 Å². The van der Waals surface area contributed by atoms with Crippen molar-refractivity contribution in [2.24, 2.45) is 0 Å². The van der Waals surface area contributed by atoms with Crippen molar-refractivity contribution in [2.75, 3.05) is 18.6 Å². The number of hydrogen-bond donors (Lipinski definition) is 1. The highest BCUT2D eigenvalue weighted by Gasteiger charge is 2.35. The molecule has 7 heteroatoms. The summed E-state index contributed by atoms with van der Waals surface area (Å²) >= 11 is 0. The number of benzene rings is 2. The lowest BCUT2D eigenvalue weighted by Crippen LogP contribution is -2.41. The van der Waals surface area contributed by atoms with E-state index in [1.807, 2.05) is 0 Å².